The van der Waals surface area contributed by atoms with E-state index in [9.17, 15) is 4.79 Å². The zero-order valence-electron chi connectivity index (χ0n) is 20.4. The van der Waals surface area contributed by atoms with Crippen LogP contribution in [0.3, 0.4) is 0 Å². The average molecular weight is 471 g/mol. The van der Waals surface area contributed by atoms with Crippen molar-refractivity contribution < 1.29 is 13.9 Å². The zero-order chi connectivity index (χ0) is 24.5. The lowest BCUT2D eigenvalue weighted by Crippen LogP contribution is -2.34. The maximum absolute atomic E-state index is 15.1. The third-order valence-electron chi connectivity index (χ3n) is 7.17. The van der Waals surface area contributed by atoms with Crippen LogP contribution in [0.25, 0.3) is 16.3 Å². The molecule has 1 fully saturated rings. The second-order valence-corrected chi connectivity index (χ2v) is 9.41. The van der Waals surface area contributed by atoms with Gasteiger partial charge in [-0.15, -0.1) is 0 Å². The number of halogens is 1. The molecule has 180 valence electrons. The van der Waals surface area contributed by atoms with Gasteiger partial charge in [-0.2, -0.15) is 0 Å². The molecule has 1 amide bonds. The van der Waals surface area contributed by atoms with Crippen molar-refractivity contribution >= 4 is 22.3 Å². The second kappa shape index (κ2) is 9.67. The van der Waals surface area contributed by atoms with Gasteiger partial charge in [0.05, 0.1) is 0 Å². The summed E-state index contributed by atoms with van der Waals surface area (Å²) >= 11 is 0. The van der Waals surface area contributed by atoms with E-state index >= 15 is 4.39 Å². The number of carbonyl (C=O) groups excluding carboxylic acids is 1. The quantitative estimate of drug-likeness (QED) is 0.271. The Kier molecular flexibility index (Phi) is 6.44. The molecule has 3 aromatic carbocycles. The van der Waals surface area contributed by atoms with Gasteiger partial charge in [0.25, 0.3) is 5.91 Å². The topological polar surface area (TPSA) is 41.6 Å². The summed E-state index contributed by atoms with van der Waals surface area (Å²) in [4.78, 5) is 15.4. The summed E-state index contributed by atoms with van der Waals surface area (Å²) in [6, 6.07) is 13.8. The fourth-order valence-electron chi connectivity index (χ4n) is 5.18. The van der Waals surface area contributed by atoms with Gasteiger partial charge in [0.15, 0.2) is 0 Å². The maximum atomic E-state index is 15.1. The molecule has 0 saturated carbocycles. The van der Waals surface area contributed by atoms with E-state index in [1.54, 1.807) is 13.0 Å². The molecule has 2 aliphatic rings. The Morgan fingerprint density at radius 3 is 2.60 bits per heavy atom. The van der Waals surface area contributed by atoms with Crippen LogP contribution in [0.5, 0.6) is 11.5 Å². The van der Waals surface area contributed by atoms with Crippen LogP contribution in [0.2, 0.25) is 0 Å². The number of nitrogens with zero attached hydrogens (tertiary/aromatic N) is 1. The molecule has 0 radical (unpaired) electrons. The Balaban J connectivity index is 1.43. The van der Waals surface area contributed by atoms with Crippen LogP contribution in [0.4, 0.5) is 4.39 Å². The van der Waals surface area contributed by atoms with Crippen molar-refractivity contribution in [2.24, 2.45) is 0 Å². The van der Waals surface area contributed by atoms with Crippen LogP contribution in [-0.4, -0.2) is 37.0 Å². The Labute approximate surface area is 206 Å². The molecular formula is C30H31FN2O2. The monoisotopic (exact) mass is 470 g/mol. The molecule has 0 aliphatic carbocycles. The summed E-state index contributed by atoms with van der Waals surface area (Å²) in [6.45, 7) is 11.4. The first-order valence-electron chi connectivity index (χ1n) is 12.3. The van der Waals surface area contributed by atoms with Crippen molar-refractivity contribution in [1.82, 2.24) is 10.2 Å². The number of benzene rings is 3. The number of fused-ring (bicyclic) bond motifs is 3. The highest BCUT2D eigenvalue weighted by molar-refractivity contribution is 6.09. The first kappa shape index (κ1) is 23.3. The molecule has 0 aromatic heterocycles. The van der Waals surface area contributed by atoms with E-state index < -0.39 is 0 Å². The smallest absolute Gasteiger partial charge is 0.251 e. The first-order valence-corrected chi connectivity index (χ1v) is 12.3. The Bertz CT molecular complexity index is 1350. The number of rotatable bonds is 6. The number of ether oxygens (including phenoxy) is 1. The van der Waals surface area contributed by atoms with Gasteiger partial charge in [-0.05, 0) is 85.5 Å². The van der Waals surface area contributed by atoms with Gasteiger partial charge < -0.3 is 15.0 Å². The van der Waals surface area contributed by atoms with E-state index in [1.165, 1.54) is 18.9 Å². The van der Waals surface area contributed by atoms with Crippen molar-refractivity contribution in [2.45, 2.75) is 33.1 Å². The SMILES string of the molecule is C=C(/C(=C\C)C(=O)NCCN1CCCC1)c1cc(F)c(C)c2c1Cc1cc3ccccc3cc1O2. The highest BCUT2D eigenvalue weighted by Gasteiger charge is 2.27. The summed E-state index contributed by atoms with van der Waals surface area (Å²) in [5.74, 6) is 0.713. The fraction of sp³-hybridized carbons (Fsp3) is 0.300. The number of hydrogen-bond acceptors (Lipinski definition) is 3. The molecule has 5 heteroatoms. The predicted molar refractivity (Wildman–Crippen MR) is 139 cm³/mol. The molecule has 5 rings (SSSR count). The van der Waals surface area contributed by atoms with E-state index in [1.807, 2.05) is 31.2 Å². The summed E-state index contributed by atoms with van der Waals surface area (Å²) in [5, 5.41) is 5.23. The number of hydrogen-bond donors (Lipinski definition) is 1. The Morgan fingerprint density at radius 2 is 1.89 bits per heavy atom. The predicted octanol–water partition coefficient (Wildman–Crippen LogP) is 6.16. The molecule has 35 heavy (non-hydrogen) atoms. The van der Waals surface area contributed by atoms with E-state index in [4.69, 9.17) is 4.74 Å². The van der Waals surface area contributed by atoms with Gasteiger partial charge in [-0.3, -0.25) is 4.79 Å². The number of allylic oxidation sites excluding steroid dienone is 1. The van der Waals surface area contributed by atoms with Crippen LogP contribution in [-0.2, 0) is 11.2 Å². The van der Waals surface area contributed by atoms with Crippen LogP contribution in [0.15, 0.2) is 60.7 Å². The Morgan fingerprint density at radius 1 is 1.17 bits per heavy atom. The van der Waals surface area contributed by atoms with Crippen molar-refractivity contribution in [3.05, 3.63) is 88.8 Å². The van der Waals surface area contributed by atoms with E-state index in [-0.39, 0.29) is 11.7 Å². The molecule has 2 heterocycles. The Hall–Kier alpha value is -3.44. The lowest BCUT2D eigenvalue weighted by atomic mass is 9.87. The van der Waals surface area contributed by atoms with Crippen molar-refractivity contribution in [2.75, 3.05) is 26.2 Å². The van der Waals surface area contributed by atoms with Crippen LogP contribution < -0.4 is 10.1 Å². The lowest BCUT2D eigenvalue weighted by Gasteiger charge is -2.26. The highest BCUT2D eigenvalue weighted by atomic mass is 19.1. The largest absolute Gasteiger partial charge is 0.456 e. The molecule has 1 N–H and O–H groups in total. The fourth-order valence-corrected chi connectivity index (χ4v) is 5.18. The summed E-state index contributed by atoms with van der Waals surface area (Å²) in [6.07, 6.45) is 4.77. The van der Waals surface area contributed by atoms with Crippen molar-refractivity contribution in [3.63, 3.8) is 0 Å². The normalized spacial score (nSPS) is 15.5. The lowest BCUT2D eigenvalue weighted by molar-refractivity contribution is -0.117. The average Bonchev–Trinajstić information content (AvgIpc) is 3.38. The number of carbonyl (C=O) groups is 1. The molecule has 0 spiro atoms. The molecule has 0 unspecified atom stereocenters. The highest BCUT2D eigenvalue weighted by Crippen LogP contribution is 2.44. The summed E-state index contributed by atoms with van der Waals surface area (Å²) < 4.78 is 21.3. The van der Waals surface area contributed by atoms with Crippen LogP contribution in [0, 0.1) is 12.7 Å². The van der Waals surface area contributed by atoms with Gasteiger partial charge in [0, 0.05) is 36.2 Å². The second-order valence-electron chi connectivity index (χ2n) is 9.41. The van der Waals surface area contributed by atoms with Crippen molar-refractivity contribution in [1.29, 1.82) is 0 Å². The number of likely N-dealkylation sites (tertiary alicyclic amines) is 1. The first-order chi connectivity index (χ1) is 17.0. The molecule has 0 atom stereocenters. The zero-order valence-corrected chi connectivity index (χ0v) is 20.4. The number of amides is 1. The molecule has 2 aliphatic heterocycles. The van der Waals surface area contributed by atoms with Gasteiger partial charge in [-0.1, -0.05) is 36.9 Å². The van der Waals surface area contributed by atoms with Gasteiger partial charge in [0.2, 0.25) is 0 Å². The van der Waals surface area contributed by atoms with Gasteiger partial charge in [-0.25, -0.2) is 4.39 Å². The van der Waals surface area contributed by atoms with Crippen molar-refractivity contribution in [3.8, 4) is 11.5 Å². The third kappa shape index (κ3) is 4.48. The number of nitrogens with one attached hydrogen (secondary N) is 1. The van der Waals surface area contributed by atoms with E-state index in [0.717, 1.165) is 47.3 Å². The van der Waals surface area contributed by atoms with E-state index in [2.05, 4.69) is 28.9 Å². The minimum atomic E-state index is -0.367. The standard InChI is InChI=1S/C30H31FN2O2/c1-4-24(30(34)32-11-14-33-12-7-8-13-33)19(2)25-18-27(31)20(3)29-26(25)16-23-15-21-9-5-6-10-22(21)17-28(23)35-29/h4-6,9-10,15,17-18H,2,7-8,11-14,16H2,1,3H3,(H,32,34)/b24-4+. The molecular weight excluding hydrogens is 439 g/mol. The maximum Gasteiger partial charge on any atom is 0.251 e. The molecule has 0 bridgehead atoms. The van der Waals surface area contributed by atoms with Crippen LogP contribution in [0.1, 0.15) is 42.0 Å². The van der Waals surface area contributed by atoms with Crippen LogP contribution >= 0.6 is 0 Å². The summed E-state index contributed by atoms with van der Waals surface area (Å²) in [7, 11) is 0. The molecule has 1 saturated heterocycles. The third-order valence-corrected chi connectivity index (χ3v) is 7.17. The summed E-state index contributed by atoms with van der Waals surface area (Å²) in [5.41, 5.74) is 3.95. The minimum Gasteiger partial charge on any atom is -0.456 e. The van der Waals surface area contributed by atoms with E-state index in [0.29, 0.717) is 41.0 Å². The van der Waals surface area contributed by atoms with Gasteiger partial charge >= 0.3 is 0 Å². The minimum absolute atomic E-state index is 0.186. The molecule has 4 nitrogen and oxygen atoms in total. The molecule has 3 aromatic rings. The van der Waals surface area contributed by atoms with Gasteiger partial charge in [0.1, 0.15) is 17.3 Å².